The first-order valence-electron chi connectivity index (χ1n) is 6.23. The van der Waals surface area contributed by atoms with Gasteiger partial charge in [-0.25, -0.2) is 4.79 Å². The van der Waals surface area contributed by atoms with E-state index in [1.54, 1.807) is 0 Å². The van der Waals surface area contributed by atoms with Gasteiger partial charge in [0.05, 0.1) is 19.8 Å². The maximum Gasteiger partial charge on any atom is 0.348 e. The number of methoxy groups -OCH3 is 1. The summed E-state index contributed by atoms with van der Waals surface area (Å²) in [6, 6.07) is 8.01. The number of thiophene rings is 1. The Morgan fingerprint density at radius 1 is 1.47 bits per heavy atom. The second-order valence-electron chi connectivity index (χ2n) is 4.40. The molecule has 0 saturated carbocycles. The molecule has 19 heavy (non-hydrogen) atoms. The molecular weight excluding hydrogens is 262 g/mol. The highest BCUT2D eigenvalue weighted by atomic mass is 32.1. The molecule has 2 heterocycles. The fraction of sp³-hybridized carbons (Fsp3) is 0.357. The molecule has 1 aliphatic rings. The van der Waals surface area contributed by atoms with Crippen LogP contribution in [-0.4, -0.2) is 32.8 Å². The first-order chi connectivity index (χ1) is 9.31. The van der Waals surface area contributed by atoms with Crippen LogP contribution >= 0.6 is 11.3 Å². The lowest BCUT2D eigenvalue weighted by Crippen LogP contribution is -2.33. The monoisotopic (exact) mass is 277 g/mol. The molecule has 1 aromatic heterocycles. The van der Waals surface area contributed by atoms with E-state index >= 15 is 0 Å². The van der Waals surface area contributed by atoms with Crippen molar-refractivity contribution >= 4 is 27.4 Å². The summed E-state index contributed by atoms with van der Waals surface area (Å²) in [6.07, 6.45) is -0.0843. The van der Waals surface area contributed by atoms with Gasteiger partial charge in [-0.05, 0) is 11.5 Å². The summed E-state index contributed by atoms with van der Waals surface area (Å²) in [4.78, 5) is 12.6. The molecule has 0 spiro atoms. The molecule has 0 bridgehead atoms. The fourth-order valence-electron chi connectivity index (χ4n) is 2.38. The molecule has 3 rings (SSSR count). The molecule has 1 N–H and O–H groups in total. The van der Waals surface area contributed by atoms with E-state index < -0.39 is 0 Å². The number of carbonyl (C=O) groups is 1. The van der Waals surface area contributed by atoms with Gasteiger partial charge in [-0.2, -0.15) is 0 Å². The zero-order chi connectivity index (χ0) is 13.2. The van der Waals surface area contributed by atoms with Crippen LogP contribution in [0.2, 0.25) is 0 Å². The molecule has 1 fully saturated rings. The Kier molecular flexibility index (Phi) is 3.50. The van der Waals surface area contributed by atoms with Crippen molar-refractivity contribution in [2.24, 2.45) is 0 Å². The number of morpholine rings is 1. The quantitative estimate of drug-likeness (QED) is 0.856. The Bertz CT molecular complexity index is 602. The molecule has 0 radical (unpaired) electrons. The fourth-order valence-corrected chi connectivity index (χ4v) is 3.55. The van der Waals surface area contributed by atoms with Crippen molar-refractivity contribution in [1.82, 2.24) is 5.32 Å². The number of nitrogens with one attached hydrogen (secondary N) is 1. The maximum absolute atomic E-state index is 12.0. The Balaban J connectivity index is 2.15. The van der Waals surface area contributed by atoms with Crippen molar-refractivity contribution in [3.05, 3.63) is 34.7 Å². The average Bonchev–Trinajstić information content (AvgIpc) is 2.86. The van der Waals surface area contributed by atoms with Crippen molar-refractivity contribution in [3.8, 4) is 0 Å². The molecule has 0 aliphatic carbocycles. The van der Waals surface area contributed by atoms with Crippen molar-refractivity contribution < 1.29 is 14.3 Å². The number of benzene rings is 1. The zero-order valence-corrected chi connectivity index (χ0v) is 11.5. The molecule has 1 atom stereocenters. The zero-order valence-electron chi connectivity index (χ0n) is 10.6. The highest BCUT2D eigenvalue weighted by Gasteiger charge is 2.27. The average molecular weight is 277 g/mol. The first-order valence-corrected chi connectivity index (χ1v) is 7.05. The normalized spacial score (nSPS) is 19.5. The van der Waals surface area contributed by atoms with Crippen molar-refractivity contribution in [2.75, 3.05) is 26.8 Å². The molecular formula is C14H15NO3S. The number of hydrogen-bond donors (Lipinski definition) is 1. The third kappa shape index (κ3) is 2.25. The van der Waals surface area contributed by atoms with Gasteiger partial charge in [0, 0.05) is 23.4 Å². The van der Waals surface area contributed by atoms with Gasteiger partial charge in [0.15, 0.2) is 0 Å². The van der Waals surface area contributed by atoms with Gasteiger partial charge in [-0.15, -0.1) is 11.3 Å². The molecule has 1 aliphatic heterocycles. The van der Waals surface area contributed by atoms with Gasteiger partial charge in [0.25, 0.3) is 0 Å². The van der Waals surface area contributed by atoms with Gasteiger partial charge in [0.1, 0.15) is 4.88 Å². The number of esters is 1. The van der Waals surface area contributed by atoms with E-state index in [0.717, 1.165) is 28.7 Å². The largest absolute Gasteiger partial charge is 0.465 e. The highest BCUT2D eigenvalue weighted by Crippen LogP contribution is 2.37. The van der Waals surface area contributed by atoms with Gasteiger partial charge in [-0.1, -0.05) is 18.2 Å². The second kappa shape index (κ2) is 5.28. The van der Waals surface area contributed by atoms with Crippen LogP contribution in [-0.2, 0) is 9.47 Å². The Morgan fingerprint density at radius 3 is 3.05 bits per heavy atom. The van der Waals surface area contributed by atoms with Crippen LogP contribution in [0.15, 0.2) is 24.3 Å². The number of carbonyl (C=O) groups excluding carboxylic acids is 1. The van der Waals surface area contributed by atoms with Crippen LogP contribution in [0.3, 0.4) is 0 Å². The number of ether oxygens (including phenoxy) is 2. The van der Waals surface area contributed by atoms with E-state index in [-0.39, 0.29) is 12.1 Å². The number of rotatable bonds is 2. The molecule has 1 unspecified atom stereocenters. The van der Waals surface area contributed by atoms with Crippen molar-refractivity contribution in [3.63, 3.8) is 0 Å². The summed E-state index contributed by atoms with van der Waals surface area (Å²) in [5.41, 5.74) is 0.958. The summed E-state index contributed by atoms with van der Waals surface area (Å²) in [5.74, 6) is -0.287. The van der Waals surface area contributed by atoms with Gasteiger partial charge in [-0.3, -0.25) is 0 Å². The lowest BCUT2D eigenvalue weighted by molar-refractivity contribution is 0.0272. The summed E-state index contributed by atoms with van der Waals surface area (Å²) < 4.78 is 11.8. The minimum absolute atomic E-state index is 0.0843. The van der Waals surface area contributed by atoms with Gasteiger partial charge in [0.2, 0.25) is 0 Å². The minimum atomic E-state index is -0.287. The molecule has 1 saturated heterocycles. The van der Waals surface area contributed by atoms with Crippen molar-refractivity contribution in [1.29, 1.82) is 0 Å². The predicted molar refractivity (Wildman–Crippen MR) is 74.7 cm³/mol. The third-order valence-electron chi connectivity index (χ3n) is 3.25. The third-order valence-corrected chi connectivity index (χ3v) is 4.42. The van der Waals surface area contributed by atoms with E-state index in [2.05, 4.69) is 5.32 Å². The summed E-state index contributed by atoms with van der Waals surface area (Å²) in [6.45, 7) is 2.24. The standard InChI is InChI=1S/C14H15NO3S/c1-17-14(16)13-12(10-8-15-6-7-18-10)9-4-2-3-5-11(9)19-13/h2-5,10,15H,6-8H2,1H3. The SMILES string of the molecule is COC(=O)c1sc2ccccc2c1C1CNCCO1. The number of hydrogen-bond acceptors (Lipinski definition) is 5. The predicted octanol–water partition coefficient (Wildman–Crippen LogP) is 2.35. The van der Waals surface area contributed by atoms with Crippen LogP contribution in [0.5, 0.6) is 0 Å². The Labute approximate surface area is 115 Å². The number of fused-ring (bicyclic) bond motifs is 1. The Morgan fingerprint density at radius 2 is 2.32 bits per heavy atom. The maximum atomic E-state index is 12.0. The van der Waals surface area contributed by atoms with Gasteiger partial charge < -0.3 is 14.8 Å². The first kappa shape index (κ1) is 12.6. The summed E-state index contributed by atoms with van der Waals surface area (Å²) in [7, 11) is 1.41. The van der Waals surface area contributed by atoms with Crippen LogP contribution in [0.25, 0.3) is 10.1 Å². The van der Waals surface area contributed by atoms with Crippen molar-refractivity contribution in [2.45, 2.75) is 6.10 Å². The van der Waals surface area contributed by atoms with Crippen LogP contribution in [0, 0.1) is 0 Å². The molecule has 1 aromatic carbocycles. The van der Waals surface area contributed by atoms with Crippen LogP contribution < -0.4 is 5.32 Å². The minimum Gasteiger partial charge on any atom is -0.465 e. The molecule has 5 heteroatoms. The van der Waals surface area contributed by atoms with Gasteiger partial charge >= 0.3 is 5.97 Å². The molecule has 4 nitrogen and oxygen atoms in total. The van der Waals surface area contributed by atoms with E-state index in [4.69, 9.17) is 9.47 Å². The van der Waals surface area contributed by atoms with E-state index in [1.807, 2.05) is 24.3 Å². The lowest BCUT2D eigenvalue weighted by atomic mass is 10.0. The van der Waals surface area contributed by atoms with Crippen LogP contribution in [0.4, 0.5) is 0 Å². The smallest absolute Gasteiger partial charge is 0.348 e. The van der Waals surface area contributed by atoms with Crippen LogP contribution in [0.1, 0.15) is 21.3 Å². The van der Waals surface area contributed by atoms with E-state index in [9.17, 15) is 4.79 Å². The molecule has 0 amide bonds. The molecule has 2 aromatic rings. The van der Waals surface area contributed by atoms with E-state index in [0.29, 0.717) is 11.5 Å². The second-order valence-corrected chi connectivity index (χ2v) is 5.45. The summed E-state index contributed by atoms with van der Waals surface area (Å²) >= 11 is 1.47. The lowest BCUT2D eigenvalue weighted by Gasteiger charge is -2.24. The van der Waals surface area contributed by atoms with E-state index in [1.165, 1.54) is 18.4 Å². The summed E-state index contributed by atoms with van der Waals surface area (Å²) in [5, 5.41) is 4.38. The Hall–Kier alpha value is -1.43. The highest BCUT2D eigenvalue weighted by molar-refractivity contribution is 7.21. The topological polar surface area (TPSA) is 47.6 Å². The molecule has 100 valence electrons.